The van der Waals surface area contributed by atoms with E-state index < -0.39 is 0 Å². The minimum absolute atomic E-state index is 0.119. The Kier molecular flexibility index (Phi) is 4.20. The summed E-state index contributed by atoms with van der Waals surface area (Å²) in [4.78, 5) is 28.5. The van der Waals surface area contributed by atoms with Crippen molar-refractivity contribution < 1.29 is 4.79 Å². The molecule has 1 aliphatic rings. The average molecular weight is 299 g/mol. The zero-order valence-electron chi connectivity index (χ0n) is 12.9. The Morgan fingerprint density at radius 1 is 1.41 bits per heavy atom. The SMILES string of the molecule is C[C@H](C(=O)N1CCN(C)[C@@H](c2ncc[nH]2)C1)c1cccnc1. The van der Waals surface area contributed by atoms with Crippen molar-refractivity contribution in [3.8, 4) is 0 Å². The Labute approximate surface area is 130 Å². The van der Waals surface area contributed by atoms with Crippen molar-refractivity contribution in [2.45, 2.75) is 18.9 Å². The van der Waals surface area contributed by atoms with Crippen LogP contribution in [0, 0.1) is 0 Å². The molecule has 2 aromatic heterocycles. The van der Waals surface area contributed by atoms with Gasteiger partial charge in [-0.1, -0.05) is 6.07 Å². The molecule has 6 heteroatoms. The van der Waals surface area contributed by atoms with Crippen molar-refractivity contribution in [1.29, 1.82) is 0 Å². The third kappa shape index (κ3) is 2.87. The first-order valence-corrected chi connectivity index (χ1v) is 7.55. The number of nitrogens with zero attached hydrogens (tertiary/aromatic N) is 4. The second-order valence-electron chi connectivity index (χ2n) is 5.76. The first-order chi connectivity index (χ1) is 10.7. The van der Waals surface area contributed by atoms with Gasteiger partial charge in [0.25, 0.3) is 0 Å². The van der Waals surface area contributed by atoms with Gasteiger partial charge in [0.15, 0.2) is 0 Å². The van der Waals surface area contributed by atoms with Gasteiger partial charge >= 0.3 is 0 Å². The molecule has 0 aliphatic carbocycles. The number of amides is 1. The largest absolute Gasteiger partial charge is 0.347 e. The van der Waals surface area contributed by atoms with Crippen molar-refractivity contribution in [1.82, 2.24) is 24.8 Å². The Balaban J connectivity index is 1.73. The molecule has 0 unspecified atom stereocenters. The second-order valence-corrected chi connectivity index (χ2v) is 5.76. The summed E-state index contributed by atoms with van der Waals surface area (Å²) in [5, 5.41) is 0. The second kappa shape index (κ2) is 6.27. The minimum atomic E-state index is -0.172. The maximum absolute atomic E-state index is 12.8. The summed E-state index contributed by atoms with van der Waals surface area (Å²) >= 11 is 0. The van der Waals surface area contributed by atoms with E-state index in [0.717, 1.165) is 24.5 Å². The molecule has 3 rings (SSSR count). The summed E-state index contributed by atoms with van der Waals surface area (Å²) in [6.07, 6.45) is 7.07. The molecule has 1 amide bonds. The molecule has 1 fully saturated rings. The summed E-state index contributed by atoms with van der Waals surface area (Å²) in [7, 11) is 2.07. The quantitative estimate of drug-likeness (QED) is 0.931. The van der Waals surface area contributed by atoms with Gasteiger partial charge in [0.2, 0.25) is 5.91 Å². The normalized spacial score (nSPS) is 20.8. The van der Waals surface area contributed by atoms with Crippen LogP contribution in [0.15, 0.2) is 36.9 Å². The Morgan fingerprint density at radius 2 is 2.27 bits per heavy atom. The van der Waals surface area contributed by atoms with E-state index in [4.69, 9.17) is 0 Å². The highest BCUT2D eigenvalue weighted by Crippen LogP contribution is 2.24. The zero-order chi connectivity index (χ0) is 15.5. The number of likely N-dealkylation sites (N-methyl/N-ethyl adjacent to an activating group) is 1. The standard InChI is InChI=1S/C16H21N5O/c1-12(13-4-3-5-17-10-13)16(22)21-9-8-20(2)14(11-21)15-18-6-7-19-15/h3-7,10,12,14H,8-9,11H2,1-2H3,(H,18,19)/t12-,14+/m0/s1. The van der Waals surface area contributed by atoms with Crippen LogP contribution in [-0.2, 0) is 4.79 Å². The molecule has 1 aliphatic heterocycles. The number of hydrogen-bond acceptors (Lipinski definition) is 4. The fraction of sp³-hybridized carbons (Fsp3) is 0.438. The van der Waals surface area contributed by atoms with E-state index in [1.165, 1.54) is 0 Å². The predicted octanol–water partition coefficient (Wildman–Crippen LogP) is 1.42. The average Bonchev–Trinajstić information content (AvgIpc) is 3.09. The third-order valence-corrected chi connectivity index (χ3v) is 4.35. The van der Waals surface area contributed by atoms with E-state index in [9.17, 15) is 4.79 Å². The molecular weight excluding hydrogens is 278 g/mol. The molecule has 1 saturated heterocycles. The number of aromatic nitrogens is 3. The van der Waals surface area contributed by atoms with Gasteiger partial charge in [-0.25, -0.2) is 4.98 Å². The highest BCUT2D eigenvalue weighted by molar-refractivity contribution is 5.83. The minimum Gasteiger partial charge on any atom is -0.347 e. The van der Waals surface area contributed by atoms with E-state index in [1.807, 2.05) is 30.2 Å². The van der Waals surface area contributed by atoms with Gasteiger partial charge in [-0.15, -0.1) is 0 Å². The van der Waals surface area contributed by atoms with Crippen molar-refractivity contribution in [3.63, 3.8) is 0 Å². The van der Waals surface area contributed by atoms with Crippen LogP contribution in [0.3, 0.4) is 0 Å². The molecule has 0 aromatic carbocycles. The molecule has 2 aromatic rings. The Morgan fingerprint density at radius 3 is 2.95 bits per heavy atom. The van der Waals surface area contributed by atoms with Gasteiger partial charge in [0.05, 0.1) is 12.0 Å². The Bertz CT molecular complexity index is 613. The predicted molar refractivity (Wildman–Crippen MR) is 83.2 cm³/mol. The summed E-state index contributed by atoms with van der Waals surface area (Å²) in [5.41, 5.74) is 0.959. The molecule has 0 bridgehead atoms. The van der Waals surface area contributed by atoms with Crippen molar-refractivity contribution in [2.24, 2.45) is 0 Å². The molecule has 3 heterocycles. The molecule has 2 atom stereocenters. The summed E-state index contributed by atoms with van der Waals surface area (Å²) < 4.78 is 0. The fourth-order valence-electron chi connectivity index (χ4n) is 2.88. The van der Waals surface area contributed by atoms with Crippen LogP contribution in [0.2, 0.25) is 0 Å². The van der Waals surface area contributed by atoms with E-state index in [-0.39, 0.29) is 17.9 Å². The van der Waals surface area contributed by atoms with Crippen LogP contribution in [0.25, 0.3) is 0 Å². The first-order valence-electron chi connectivity index (χ1n) is 7.55. The topological polar surface area (TPSA) is 65.1 Å². The number of nitrogens with one attached hydrogen (secondary N) is 1. The lowest BCUT2D eigenvalue weighted by atomic mass is 10.0. The van der Waals surface area contributed by atoms with Crippen LogP contribution < -0.4 is 0 Å². The van der Waals surface area contributed by atoms with Crippen LogP contribution in [0.1, 0.15) is 30.3 Å². The molecule has 1 N–H and O–H groups in total. The van der Waals surface area contributed by atoms with E-state index >= 15 is 0 Å². The number of H-pyrrole nitrogens is 1. The summed E-state index contributed by atoms with van der Waals surface area (Å²) in [6.45, 7) is 4.20. The molecular formula is C16H21N5O. The smallest absolute Gasteiger partial charge is 0.229 e. The van der Waals surface area contributed by atoms with Gasteiger partial charge < -0.3 is 9.88 Å². The number of imidazole rings is 1. The maximum Gasteiger partial charge on any atom is 0.229 e. The molecule has 6 nitrogen and oxygen atoms in total. The fourth-order valence-corrected chi connectivity index (χ4v) is 2.88. The lowest BCUT2D eigenvalue weighted by molar-refractivity contribution is -0.135. The third-order valence-electron chi connectivity index (χ3n) is 4.35. The van der Waals surface area contributed by atoms with Crippen LogP contribution in [0.5, 0.6) is 0 Å². The van der Waals surface area contributed by atoms with E-state index in [1.54, 1.807) is 18.6 Å². The molecule has 0 saturated carbocycles. The highest BCUT2D eigenvalue weighted by Gasteiger charge is 2.32. The van der Waals surface area contributed by atoms with Crippen molar-refractivity contribution in [3.05, 3.63) is 48.3 Å². The van der Waals surface area contributed by atoms with Crippen LogP contribution >= 0.6 is 0 Å². The Hall–Kier alpha value is -2.21. The highest BCUT2D eigenvalue weighted by atomic mass is 16.2. The molecule has 0 radical (unpaired) electrons. The summed E-state index contributed by atoms with van der Waals surface area (Å²) in [6, 6.07) is 3.94. The van der Waals surface area contributed by atoms with Gasteiger partial charge in [0.1, 0.15) is 5.82 Å². The first kappa shape index (κ1) is 14.7. The van der Waals surface area contributed by atoms with Crippen LogP contribution in [-0.4, -0.2) is 57.3 Å². The van der Waals surface area contributed by atoms with E-state index in [2.05, 4.69) is 26.9 Å². The summed E-state index contributed by atoms with van der Waals surface area (Å²) in [5.74, 6) is 0.890. The number of carbonyl (C=O) groups is 1. The van der Waals surface area contributed by atoms with Crippen LogP contribution in [0.4, 0.5) is 0 Å². The number of rotatable bonds is 3. The number of carbonyl (C=O) groups excluding carboxylic acids is 1. The number of aromatic amines is 1. The zero-order valence-corrected chi connectivity index (χ0v) is 12.9. The van der Waals surface area contributed by atoms with Gasteiger partial charge in [-0.05, 0) is 25.6 Å². The number of hydrogen-bond donors (Lipinski definition) is 1. The van der Waals surface area contributed by atoms with Crippen molar-refractivity contribution >= 4 is 5.91 Å². The van der Waals surface area contributed by atoms with Gasteiger partial charge in [-0.3, -0.25) is 14.7 Å². The molecule has 0 spiro atoms. The monoisotopic (exact) mass is 299 g/mol. The van der Waals surface area contributed by atoms with Crippen molar-refractivity contribution in [2.75, 3.05) is 26.7 Å². The maximum atomic E-state index is 12.8. The molecule has 116 valence electrons. The number of pyridine rings is 1. The lowest BCUT2D eigenvalue weighted by Gasteiger charge is -2.39. The van der Waals surface area contributed by atoms with Gasteiger partial charge in [-0.2, -0.15) is 0 Å². The van der Waals surface area contributed by atoms with E-state index in [0.29, 0.717) is 6.54 Å². The lowest BCUT2D eigenvalue weighted by Crippen LogP contribution is -2.50. The molecule has 22 heavy (non-hydrogen) atoms. The number of piperazine rings is 1. The van der Waals surface area contributed by atoms with Gasteiger partial charge in [0, 0.05) is 44.4 Å².